The van der Waals surface area contributed by atoms with E-state index in [0.29, 0.717) is 12.4 Å². The molecule has 20 heavy (non-hydrogen) atoms. The molecule has 0 bridgehead atoms. The van der Waals surface area contributed by atoms with Gasteiger partial charge >= 0.3 is 0 Å². The summed E-state index contributed by atoms with van der Waals surface area (Å²) in [4.78, 5) is 12.9. The quantitative estimate of drug-likeness (QED) is 0.788. The Balaban J connectivity index is 1.98. The van der Waals surface area contributed by atoms with E-state index in [1.54, 1.807) is 18.6 Å². The predicted molar refractivity (Wildman–Crippen MR) is 78.6 cm³/mol. The molecular formula is C16H14N4. The molecule has 0 aliphatic rings. The van der Waals surface area contributed by atoms with Crippen LogP contribution in [0, 0.1) is 0 Å². The minimum atomic E-state index is 0.540. The molecule has 0 spiro atoms. The smallest absolute Gasteiger partial charge is 0.159 e. The van der Waals surface area contributed by atoms with Crippen LogP contribution in [0.1, 0.15) is 5.56 Å². The lowest BCUT2D eigenvalue weighted by molar-refractivity contribution is 1.07. The number of benzene rings is 1. The second kappa shape index (κ2) is 5.59. The Morgan fingerprint density at radius 3 is 2.25 bits per heavy atom. The van der Waals surface area contributed by atoms with Gasteiger partial charge in [-0.05, 0) is 23.8 Å². The van der Waals surface area contributed by atoms with Crippen molar-refractivity contribution in [1.29, 1.82) is 0 Å². The van der Waals surface area contributed by atoms with Gasteiger partial charge in [0.25, 0.3) is 0 Å². The highest BCUT2D eigenvalue weighted by Gasteiger charge is 2.04. The lowest BCUT2D eigenvalue weighted by atomic mass is 10.1. The molecule has 3 rings (SSSR count). The van der Waals surface area contributed by atoms with Crippen molar-refractivity contribution in [3.05, 3.63) is 66.6 Å². The second-order valence-electron chi connectivity index (χ2n) is 4.40. The Kier molecular flexibility index (Phi) is 3.48. The van der Waals surface area contributed by atoms with E-state index < -0.39 is 0 Å². The van der Waals surface area contributed by atoms with Crippen molar-refractivity contribution >= 4 is 0 Å². The molecule has 3 aromatic rings. The highest BCUT2D eigenvalue weighted by molar-refractivity contribution is 5.63. The van der Waals surface area contributed by atoms with Crippen LogP contribution in [0.5, 0.6) is 0 Å². The average molecular weight is 262 g/mol. The van der Waals surface area contributed by atoms with E-state index in [-0.39, 0.29) is 0 Å². The largest absolute Gasteiger partial charge is 0.326 e. The molecule has 98 valence electrons. The Morgan fingerprint density at radius 1 is 0.800 bits per heavy atom. The fraction of sp³-hybridized carbons (Fsp3) is 0.0625. The first-order valence-corrected chi connectivity index (χ1v) is 6.39. The van der Waals surface area contributed by atoms with Crippen molar-refractivity contribution in [2.75, 3.05) is 0 Å². The molecule has 2 N–H and O–H groups in total. The zero-order valence-corrected chi connectivity index (χ0v) is 10.9. The fourth-order valence-electron chi connectivity index (χ4n) is 1.97. The molecule has 0 aliphatic heterocycles. The summed E-state index contributed by atoms with van der Waals surface area (Å²) in [5.74, 6) is 0.711. The number of pyridine rings is 1. The minimum Gasteiger partial charge on any atom is -0.326 e. The summed E-state index contributed by atoms with van der Waals surface area (Å²) in [6.45, 7) is 0.540. The van der Waals surface area contributed by atoms with Crippen molar-refractivity contribution in [3.63, 3.8) is 0 Å². The number of nitrogens with two attached hydrogens (primary N) is 1. The van der Waals surface area contributed by atoms with Crippen LogP contribution >= 0.6 is 0 Å². The molecule has 0 saturated heterocycles. The lowest BCUT2D eigenvalue weighted by Gasteiger charge is -2.04. The van der Waals surface area contributed by atoms with Gasteiger partial charge in [0.2, 0.25) is 0 Å². The SMILES string of the molecule is NCc1ccc(-c2nccc(-c3ccncc3)n2)cc1. The normalized spacial score (nSPS) is 10.4. The van der Waals surface area contributed by atoms with Gasteiger partial charge in [0.1, 0.15) is 0 Å². The van der Waals surface area contributed by atoms with Gasteiger partial charge in [-0.15, -0.1) is 0 Å². The van der Waals surface area contributed by atoms with Crippen molar-refractivity contribution in [1.82, 2.24) is 15.0 Å². The van der Waals surface area contributed by atoms with E-state index in [1.165, 1.54) is 0 Å². The van der Waals surface area contributed by atoms with Gasteiger partial charge in [-0.3, -0.25) is 4.98 Å². The summed E-state index contributed by atoms with van der Waals surface area (Å²) < 4.78 is 0. The molecule has 0 saturated carbocycles. The standard InChI is InChI=1S/C16H14N4/c17-11-12-1-3-14(4-2-12)16-19-10-7-15(20-16)13-5-8-18-9-6-13/h1-10H,11,17H2. The Hall–Kier alpha value is -2.59. The van der Waals surface area contributed by atoms with Gasteiger partial charge in [0.15, 0.2) is 5.82 Å². The summed E-state index contributed by atoms with van der Waals surface area (Å²) >= 11 is 0. The number of hydrogen-bond acceptors (Lipinski definition) is 4. The van der Waals surface area contributed by atoms with Gasteiger partial charge in [-0.25, -0.2) is 9.97 Å². The molecule has 0 fully saturated rings. The van der Waals surface area contributed by atoms with Gasteiger partial charge in [0.05, 0.1) is 5.69 Å². The third-order valence-electron chi connectivity index (χ3n) is 3.08. The van der Waals surface area contributed by atoms with E-state index in [1.807, 2.05) is 42.5 Å². The molecule has 0 atom stereocenters. The van der Waals surface area contributed by atoms with Gasteiger partial charge in [-0.2, -0.15) is 0 Å². The third-order valence-corrected chi connectivity index (χ3v) is 3.08. The van der Waals surface area contributed by atoms with E-state index in [0.717, 1.165) is 22.4 Å². The summed E-state index contributed by atoms with van der Waals surface area (Å²) in [5, 5.41) is 0. The highest BCUT2D eigenvalue weighted by Crippen LogP contribution is 2.20. The molecule has 2 heterocycles. The van der Waals surface area contributed by atoms with Crippen LogP contribution in [-0.4, -0.2) is 15.0 Å². The maximum atomic E-state index is 5.60. The summed E-state index contributed by atoms with van der Waals surface area (Å²) in [6, 6.07) is 13.7. The highest BCUT2D eigenvalue weighted by atomic mass is 14.9. The van der Waals surface area contributed by atoms with Crippen molar-refractivity contribution < 1.29 is 0 Å². The molecule has 4 heteroatoms. The average Bonchev–Trinajstić information content (AvgIpc) is 2.56. The number of aromatic nitrogens is 3. The second-order valence-corrected chi connectivity index (χ2v) is 4.40. The van der Waals surface area contributed by atoms with E-state index in [9.17, 15) is 0 Å². The fourth-order valence-corrected chi connectivity index (χ4v) is 1.97. The monoisotopic (exact) mass is 262 g/mol. The third kappa shape index (κ3) is 2.55. The van der Waals surface area contributed by atoms with E-state index in [2.05, 4.69) is 15.0 Å². The predicted octanol–water partition coefficient (Wildman–Crippen LogP) is 2.66. The Morgan fingerprint density at radius 2 is 1.55 bits per heavy atom. The maximum Gasteiger partial charge on any atom is 0.159 e. The van der Waals surface area contributed by atoms with Gasteiger partial charge in [-0.1, -0.05) is 24.3 Å². The molecule has 4 nitrogen and oxygen atoms in total. The zero-order valence-electron chi connectivity index (χ0n) is 10.9. The first kappa shape index (κ1) is 12.4. The van der Waals surface area contributed by atoms with E-state index >= 15 is 0 Å². The van der Waals surface area contributed by atoms with Crippen LogP contribution in [0.3, 0.4) is 0 Å². The van der Waals surface area contributed by atoms with Gasteiger partial charge in [0, 0.05) is 36.3 Å². The van der Waals surface area contributed by atoms with Crippen LogP contribution in [0.2, 0.25) is 0 Å². The van der Waals surface area contributed by atoms with Crippen LogP contribution in [-0.2, 0) is 6.54 Å². The van der Waals surface area contributed by atoms with E-state index in [4.69, 9.17) is 5.73 Å². The molecule has 0 amide bonds. The first-order valence-electron chi connectivity index (χ1n) is 6.39. The van der Waals surface area contributed by atoms with Crippen LogP contribution < -0.4 is 5.73 Å². The molecule has 0 radical (unpaired) electrons. The molecule has 0 unspecified atom stereocenters. The molecular weight excluding hydrogens is 248 g/mol. The Labute approximate surface area is 117 Å². The van der Waals surface area contributed by atoms with Crippen molar-refractivity contribution in [2.24, 2.45) is 5.73 Å². The summed E-state index contributed by atoms with van der Waals surface area (Å²) in [6.07, 6.45) is 5.29. The summed E-state index contributed by atoms with van der Waals surface area (Å²) in [5.41, 5.74) is 9.60. The number of rotatable bonds is 3. The molecule has 1 aromatic carbocycles. The zero-order chi connectivity index (χ0) is 13.8. The van der Waals surface area contributed by atoms with Crippen LogP contribution in [0.25, 0.3) is 22.6 Å². The summed E-state index contributed by atoms with van der Waals surface area (Å²) in [7, 11) is 0. The topological polar surface area (TPSA) is 64.7 Å². The van der Waals surface area contributed by atoms with Crippen LogP contribution in [0.15, 0.2) is 61.1 Å². The number of hydrogen-bond donors (Lipinski definition) is 1. The Bertz CT molecular complexity index is 693. The van der Waals surface area contributed by atoms with Gasteiger partial charge < -0.3 is 5.73 Å². The number of nitrogens with zero attached hydrogens (tertiary/aromatic N) is 3. The minimum absolute atomic E-state index is 0.540. The van der Waals surface area contributed by atoms with Crippen LogP contribution in [0.4, 0.5) is 0 Å². The lowest BCUT2D eigenvalue weighted by Crippen LogP contribution is -1.96. The first-order chi connectivity index (χ1) is 9.86. The van der Waals surface area contributed by atoms with Crippen molar-refractivity contribution in [3.8, 4) is 22.6 Å². The van der Waals surface area contributed by atoms with Crippen molar-refractivity contribution in [2.45, 2.75) is 6.54 Å². The maximum absolute atomic E-state index is 5.60. The molecule has 0 aliphatic carbocycles. The molecule has 2 aromatic heterocycles.